The Hall–Kier alpha value is -0.630. The SMILES string of the molecule is C=C1CC[C@H]2[C@](C)(CCC[C@]2(C)C=O)[C@H]1CC[C@@H](C)CCO. The molecule has 2 heteroatoms. The molecule has 0 aromatic carbocycles. The molecule has 126 valence electrons. The molecule has 0 saturated heterocycles. The molecule has 0 unspecified atom stereocenters. The second kappa shape index (κ2) is 6.86. The van der Waals surface area contributed by atoms with Gasteiger partial charge in [-0.05, 0) is 61.7 Å². The van der Waals surface area contributed by atoms with Crippen LogP contribution in [0.5, 0.6) is 0 Å². The van der Waals surface area contributed by atoms with Gasteiger partial charge in [-0.3, -0.25) is 0 Å². The maximum absolute atomic E-state index is 11.8. The van der Waals surface area contributed by atoms with Crippen LogP contribution in [-0.4, -0.2) is 18.0 Å². The molecule has 0 bridgehead atoms. The van der Waals surface area contributed by atoms with Crippen LogP contribution < -0.4 is 0 Å². The largest absolute Gasteiger partial charge is 0.396 e. The normalized spacial score (nSPS) is 40.1. The average Bonchev–Trinajstić information content (AvgIpc) is 2.46. The van der Waals surface area contributed by atoms with E-state index in [2.05, 4.69) is 27.4 Å². The Kier molecular flexibility index (Phi) is 5.53. The molecule has 0 amide bonds. The summed E-state index contributed by atoms with van der Waals surface area (Å²) in [5.74, 6) is 1.63. The Morgan fingerprint density at radius 2 is 2.09 bits per heavy atom. The molecular weight excluding hydrogens is 272 g/mol. The Morgan fingerprint density at radius 3 is 2.73 bits per heavy atom. The molecule has 2 aliphatic carbocycles. The highest BCUT2D eigenvalue weighted by atomic mass is 16.3. The number of hydrogen-bond acceptors (Lipinski definition) is 2. The summed E-state index contributed by atoms with van der Waals surface area (Å²) < 4.78 is 0. The summed E-state index contributed by atoms with van der Waals surface area (Å²) in [6.45, 7) is 11.5. The molecule has 22 heavy (non-hydrogen) atoms. The van der Waals surface area contributed by atoms with Gasteiger partial charge in [0.05, 0.1) is 0 Å². The van der Waals surface area contributed by atoms with Crippen LogP contribution in [0.3, 0.4) is 0 Å². The number of aliphatic hydroxyl groups excluding tert-OH is 1. The Bertz CT molecular complexity index is 416. The van der Waals surface area contributed by atoms with Crippen LogP contribution in [0.15, 0.2) is 12.2 Å². The van der Waals surface area contributed by atoms with Gasteiger partial charge >= 0.3 is 0 Å². The second-order valence-corrected chi connectivity index (χ2v) is 8.48. The van der Waals surface area contributed by atoms with Gasteiger partial charge in [-0.15, -0.1) is 0 Å². The number of aldehydes is 1. The molecule has 2 aliphatic rings. The Labute approximate surface area is 136 Å². The predicted molar refractivity (Wildman–Crippen MR) is 91.6 cm³/mol. The molecule has 2 saturated carbocycles. The first-order valence-electron chi connectivity index (χ1n) is 9.12. The van der Waals surface area contributed by atoms with E-state index in [0.717, 1.165) is 38.5 Å². The third kappa shape index (κ3) is 3.18. The quantitative estimate of drug-likeness (QED) is 0.567. The molecule has 0 aliphatic heterocycles. The molecule has 0 aromatic heterocycles. The fourth-order valence-corrected chi connectivity index (χ4v) is 5.49. The average molecular weight is 306 g/mol. The van der Waals surface area contributed by atoms with Crippen molar-refractivity contribution in [3.8, 4) is 0 Å². The van der Waals surface area contributed by atoms with Gasteiger partial charge in [-0.1, -0.05) is 45.8 Å². The summed E-state index contributed by atoms with van der Waals surface area (Å²) in [4.78, 5) is 11.8. The van der Waals surface area contributed by atoms with Crippen LogP contribution in [0.25, 0.3) is 0 Å². The zero-order valence-corrected chi connectivity index (χ0v) is 14.7. The van der Waals surface area contributed by atoms with Crippen LogP contribution in [0.2, 0.25) is 0 Å². The third-order valence-electron chi connectivity index (χ3n) is 6.91. The van der Waals surface area contributed by atoms with E-state index < -0.39 is 0 Å². The Balaban J connectivity index is 2.17. The zero-order valence-electron chi connectivity index (χ0n) is 14.7. The van der Waals surface area contributed by atoms with Crippen molar-refractivity contribution in [1.82, 2.24) is 0 Å². The number of fused-ring (bicyclic) bond motifs is 1. The minimum Gasteiger partial charge on any atom is -0.396 e. The van der Waals surface area contributed by atoms with E-state index in [1.54, 1.807) is 0 Å². The Morgan fingerprint density at radius 1 is 1.36 bits per heavy atom. The first kappa shape index (κ1) is 17.7. The third-order valence-corrected chi connectivity index (χ3v) is 6.91. The van der Waals surface area contributed by atoms with E-state index in [1.807, 2.05) is 0 Å². The lowest BCUT2D eigenvalue weighted by atomic mass is 9.47. The monoisotopic (exact) mass is 306 g/mol. The van der Waals surface area contributed by atoms with Gasteiger partial charge < -0.3 is 9.90 Å². The standard InChI is InChI=1S/C20H34O2/c1-15(10-13-21)6-8-17-16(2)7-9-18-19(3,14-22)11-5-12-20(17,18)4/h14-15,17-18,21H,2,5-13H2,1,3-4H3/t15-,17+,18-,19-,20-/m1/s1. The minimum absolute atomic E-state index is 0.136. The van der Waals surface area contributed by atoms with Crippen molar-refractivity contribution < 1.29 is 9.90 Å². The number of allylic oxidation sites excluding steroid dienone is 1. The van der Waals surface area contributed by atoms with Crippen molar-refractivity contribution in [2.45, 2.75) is 72.1 Å². The lowest BCUT2D eigenvalue weighted by Crippen LogP contribution is -2.51. The summed E-state index contributed by atoms with van der Waals surface area (Å²) in [6, 6.07) is 0. The summed E-state index contributed by atoms with van der Waals surface area (Å²) >= 11 is 0. The number of carbonyl (C=O) groups excluding carboxylic acids is 1. The molecule has 5 atom stereocenters. The molecule has 1 N–H and O–H groups in total. The van der Waals surface area contributed by atoms with E-state index >= 15 is 0 Å². The minimum atomic E-state index is -0.136. The zero-order chi connectivity index (χ0) is 16.4. The van der Waals surface area contributed by atoms with Crippen LogP contribution in [0.1, 0.15) is 72.1 Å². The smallest absolute Gasteiger partial charge is 0.126 e. The van der Waals surface area contributed by atoms with Crippen LogP contribution in [-0.2, 0) is 4.79 Å². The number of rotatable bonds is 6. The topological polar surface area (TPSA) is 37.3 Å². The summed E-state index contributed by atoms with van der Waals surface area (Å²) in [6.07, 6.45) is 10.1. The maximum atomic E-state index is 11.8. The van der Waals surface area contributed by atoms with Crippen molar-refractivity contribution in [2.75, 3.05) is 6.61 Å². The number of aliphatic hydroxyl groups is 1. The lowest BCUT2D eigenvalue weighted by molar-refractivity contribution is -0.130. The van der Waals surface area contributed by atoms with Crippen LogP contribution >= 0.6 is 0 Å². The van der Waals surface area contributed by atoms with Gasteiger partial charge in [0, 0.05) is 12.0 Å². The number of carbonyl (C=O) groups is 1. The van der Waals surface area contributed by atoms with Gasteiger partial charge in [0.25, 0.3) is 0 Å². The van der Waals surface area contributed by atoms with Gasteiger partial charge in [-0.25, -0.2) is 0 Å². The van der Waals surface area contributed by atoms with E-state index in [1.165, 1.54) is 24.7 Å². The highest BCUT2D eigenvalue weighted by Gasteiger charge is 2.54. The first-order chi connectivity index (χ1) is 10.4. The van der Waals surface area contributed by atoms with Gasteiger partial charge in [0.15, 0.2) is 0 Å². The second-order valence-electron chi connectivity index (χ2n) is 8.48. The van der Waals surface area contributed by atoms with E-state index in [4.69, 9.17) is 5.11 Å². The fraction of sp³-hybridized carbons (Fsp3) is 0.850. The van der Waals surface area contributed by atoms with Crippen LogP contribution in [0, 0.1) is 28.6 Å². The number of hydrogen-bond donors (Lipinski definition) is 1. The fourth-order valence-electron chi connectivity index (χ4n) is 5.49. The molecule has 0 aromatic rings. The van der Waals surface area contributed by atoms with Crippen molar-refractivity contribution in [3.05, 3.63) is 12.2 Å². The molecule has 2 rings (SSSR count). The van der Waals surface area contributed by atoms with E-state index in [-0.39, 0.29) is 17.4 Å². The molecule has 0 radical (unpaired) electrons. The van der Waals surface area contributed by atoms with Gasteiger partial charge in [0.2, 0.25) is 0 Å². The highest BCUT2D eigenvalue weighted by Crippen LogP contribution is 2.61. The molecule has 2 fully saturated rings. The lowest BCUT2D eigenvalue weighted by Gasteiger charge is -2.57. The van der Waals surface area contributed by atoms with Crippen molar-refractivity contribution >= 4 is 6.29 Å². The summed E-state index contributed by atoms with van der Waals surface area (Å²) in [7, 11) is 0. The van der Waals surface area contributed by atoms with E-state index in [0.29, 0.717) is 17.8 Å². The summed E-state index contributed by atoms with van der Waals surface area (Å²) in [5, 5.41) is 9.11. The first-order valence-corrected chi connectivity index (χ1v) is 9.12. The van der Waals surface area contributed by atoms with Crippen molar-refractivity contribution in [2.24, 2.45) is 28.6 Å². The maximum Gasteiger partial charge on any atom is 0.126 e. The molecule has 0 heterocycles. The predicted octanol–water partition coefficient (Wildman–Crippen LogP) is 4.76. The molecule has 0 spiro atoms. The van der Waals surface area contributed by atoms with E-state index in [9.17, 15) is 4.79 Å². The van der Waals surface area contributed by atoms with Gasteiger partial charge in [0.1, 0.15) is 6.29 Å². The summed E-state index contributed by atoms with van der Waals surface area (Å²) in [5.41, 5.74) is 1.51. The van der Waals surface area contributed by atoms with Crippen LogP contribution in [0.4, 0.5) is 0 Å². The highest BCUT2D eigenvalue weighted by molar-refractivity contribution is 5.60. The van der Waals surface area contributed by atoms with Crippen molar-refractivity contribution in [3.63, 3.8) is 0 Å². The molecular formula is C20H34O2. The molecule has 2 nitrogen and oxygen atoms in total. The van der Waals surface area contributed by atoms with Crippen molar-refractivity contribution in [1.29, 1.82) is 0 Å². The van der Waals surface area contributed by atoms with Gasteiger partial charge in [-0.2, -0.15) is 0 Å².